The van der Waals surface area contributed by atoms with E-state index in [9.17, 15) is 19.5 Å². The standard InChI is InChI=1S/C46H66O9/c1-7-8-9-10-11-12-13-14-15-16-17-18-19-20-21-35-41-46(5,54-42(35)50)55-43(53-41)39-33(31-47)30-36(48)40-44(2,3)29-28-37(45(39,40)4)52-38(49)27-24-32-22-25-34(51-6)26-23-32/h14-15,22-27,30-31,35-37,39-41,43,48H,7-13,16-21,28-29H2,1-6H3/b15-14-,27-24+/t35-,36-,37+,39-,40-,41+,43?,45+,46+/m0/s1. The minimum absolute atomic E-state index is 0.327. The summed E-state index contributed by atoms with van der Waals surface area (Å²) in [4.78, 5) is 39.4. The highest BCUT2D eigenvalue weighted by atomic mass is 16.8. The van der Waals surface area contributed by atoms with Gasteiger partial charge in [-0.3, -0.25) is 9.59 Å². The number of esters is 2. The molecule has 2 aliphatic carbocycles. The molecule has 9 atom stereocenters. The first kappa shape index (κ1) is 42.9. The van der Waals surface area contributed by atoms with E-state index in [0.29, 0.717) is 30.6 Å². The molecule has 2 aliphatic heterocycles. The molecule has 1 N–H and O–H groups in total. The predicted octanol–water partition coefficient (Wildman–Crippen LogP) is 9.46. The second-order valence-corrected chi connectivity index (χ2v) is 17.3. The van der Waals surface area contributed by atoms with Gasteiger partial charge in [-0.15, -0.1) is 0 Å². The van der Waals surface area contributed by atoms with Crippen molar-refractivity contribution >= 4 is 24.3 Å². The first-order chi connectivity index (χ1) is 26.4. The van der Waals surface area contributed by atoms with Crippen LogP contribution in [0, 0.1) is 28.6 Å². The second kappa shape index (κ2) is 19.3. The van der Waals surface area contributed by atoms with E-state index in [1.807, 2.05) is 31.2 Å². The van der Waals surface area contributed by atoms with E-state index in [0.717, 1.165) is 50.4 Å². The molecule has 304 valence electrons. The predicted molar refractivity (Wildman–Crippen MR) is 213 cm³/mol. The van der Waals surface area contributed by atoms with Crippen molar-refractivity contribution in [1.82, 2.24) is 0 Å². The third kappa shape index (κ3) is 10.0. The molecule has 1 aromatic rings. The molecule has 4 aliphatic rings. The maximum absolute atomic E-state index is 13.4. The fraction of sp³-hybridized carbons (Fsp3) is 0.674. The van der Waals surface area contributed by atoms with Crippen LogP contribution in [0.3, 0.4) is 0 Å². The van der Waals surface area contributed by atoms with Crippen LogP contribution in [0.25, 0.3) is 6.08 Å². The molecular weight excluding hydrogens is 696 g/mol. The Kier molecular flexibility index (Phi) is 15.0. The summed E-state index contributed by atoms with van der Waals surface area (Å²) in [5.41, 5.74) is -0.184. The van der Waals surface area contributed by atoms with Gasteiger partial charge in [-0.05, 0) is 85.8 Å². The summed E-state index contributed by atoms with van der Waals surface area (Å²) in [6.45, 7) is 10.2. The first-order valence-electron chi connectivity index (χ1n) is 21.0. The lowest BCUT2D eigenvalue weighted by atomic mass is 9.46. The number of carbonyl (C=O) groups excluding carboxylic acids is 3. The molecular formula is C46H66O9. The molecule has 3 fully saturated rings. The van der Waals surface area contributed by atoms with Crippen LogP contribution in [0.4, 0.5) is 0 Å². The molecule has 9 nitrogen and oxygen atoms in total. The number of benzene rings is 1. The van der Waals surface area contributed by atoms with E-state index in [2.05, 4.69) is 32.9 Å². The monoisotopic (exact) mass is 762 g/mol. The SMILES string of the molecule is CCCCCCCC/C=C\CCCCCC[C@@H]1C(=O)O[C@]2(C)OC([C@@H]3C(C=O)=C[C@H](O)[C@H]4C(C)(C)CC[C@@H](OC(=O)/C=C/c5ccc(OC)cc5)[C@]34C)O[C@H]12. The average molecular weight is 763 g/mol. The highest BCUT2D eigenvalue weighted by molar-refractivity contribution is 5.87. The molecule has 1 saturated carbocycles. The van der Waals surface area contributed by atoms with E-state index in [-0.39, 0.29) is 11.4 Å². The van der Waals surface area contributed by atoms with Crippen LogP contribution < -0.4 is 4.74 Å². The van der Waals surface area contributed by atoms with E-state index in [4.69, 9.17) is 23.7 Å². The number of fused-ring (bicyclic) bond motifs is 2. The van der Waals surface area contributed by atoms with Gasteiger partial charge in [0.1, 0.15) is 24.2 Å². The van der Waals surface area contributed by atoms with Crippen molar-refractivity contribution < 1.29 is 43.2 Å². The number of hydrogen-bond acceptors (Lipinski definition) is 9. The van der Waals surface area contributed by atoms with Crippen molar-refractivity contribution in [2.45, 2.75) is 161 Å². The smallest absolute Gasteiger partial charge is 0.331 e. The molecule has 0 amide bonds. The van der Waals surface area contributed by atoms with Crippen LogP contribution in [0.5, 0.6) is 5.75 Å². The maximum Gasteiger partial charge on any atom is 0.331 e. The summed E-state index contributed by atoms with van der Waals surface area (Å²) in [6.07, 6.45) is 22.9. The van der Waals surface area contributed by atoms with Crippen molar-refractivity contribution in [3.63, 3.8) is 0 Å². The molecule has 0 spiro atoms. The van der Waals surface area contributed by atoms with Crippen LogP contribution in [0.2, 0.25) is 0 Å². The summed E-state index contributed by atoms with van der Waals surface area (Å²) < 4.78 is 30.6. The third-order valence-corrected chi connectivity index (χ3v) is 12.8. The van der Waals surface area contributed by atoms with Gasteiger partial charge in [0, 0.05) is 30.3 Å². The first-order valence-corrected chi connectivity index (χ1v) is 21.0. The Morgan fingerprint density at radius 1 is 0.945 bits per heavy atom. The lowest BCUT2D eigenvalue weighted by Crippen LogP contribution is -2.63. The lowest BCUT2D eigenvalue weighted by molar-refractivity contribution is -0.249. The second-order valence-electron chi connectivity index (χ2n) is 17.3. The number of rotatable bonds is 20. The van der Waals surface area contributed by atoms with Crippen molar-refractivity contribution in [2.24, 2.45) is 28.6 Å². The van der Waals surface area contributed by atoms with Crippen LogP contribution in [-0.2, 0) is 33.3 Å². The fourth-order valence-corrected chi connectivity index (χ4v) is 10.0. The van der Waals surface area contributed by atoms with Crippen LogP contribution in [0.15, 0.2) is 54.1 Å². The zero-order chi connectivity index (χ0) is 39.6. The quantitative estimate of drug-likeness (QED) is 0.0456. The molecule has 1 unspecified atom stereocenters. The van der Waals surface area contributed by atoms with E-state index < -0.39 is 59.5 Å². The number of aldehydes is 1. The molecule has 55 heavy (non-hydrogen) atoms. The zero-order valence-electron chi connectivity index (χ0n) is 34.1. The van der Waals surface area contributed by atoms with Crippen LogP contribution >= 0.6 is 0 Å². The molecule has 2 heterocycles. The number of aliphatic hydroxyl groups is 1. The van der Waals surface area contributed by atoms with Gasteiger partial charge < -0.3 is 28.8 Å². The highest BCUT2D eigenvalue weighted by Crippen LogP contribution is 2.63. The van der Waals surface area contributed by atoms with Crippen molar-refractivity contribution in [3.05, 3.63) is 59.7 Å². The van der Waals surface area contributed by atoms with Gasteiger partial charge in [-0.25, -0.2) is 4.79 Å². The molecule has 0 aromatic heterocycles. The Bertz CT molecular complexity index is 1530. The Labute approximate surface area is 329 Å². The number of allylic oxidation sites excluding steroid dienone is 2. The average Bonchev–Trinajstić information content (AvgIpc) is 3.59. The number of ether oxygens (including phenoxy) is 5. The highest BCUT2D eigenvalue weighted by Gasteiger charge is 2.68. The number of hydrogen-bond donors (Lipinski definition) is 1. The van der Waals surface area contributed by atoms with Gasteiger partial charge in [0.15, 0.2) is 6.29 Å². The Hall–Kier alpha value is -3.27. The summed E-state index contributed by atoms with van der Waals surface area (Å²) in [5, 5.41) is 11.6. The van der Waals surface area contributed by atoms with Gasteiger partial charge in [0.25, 0.3) is 0 Å². The Balaban J connectivity index is 1.23. The van der Waals surface area contributed by atoms with Gasteiger partial charge in [-0.2, -0.15) is 0 Å². The lowest BCUT2D eigenvalue weighted by Gasteiger charge is -2.60. The molecule has 0 radical (unpaired) electrons. The normalized spacial score (nSPS) is 32.6. The molecule has 0 bridgehead atoms. The third-order valence-electron chi connectivity index (χ3n) is 12.8. The molecule has 2 saturated heterocycles. The number of carbonyl (C=O) groups is 3. The number of methoxy groups -OCH3 is 1. The number of unbranched alkanes of at least 4 members (excludes halogenated alkanes) is 10. The van der Waals surface area contributed by atoms with Gasteiger partial charge >= 0.3 is 11.9 Å². The topological polar surface area (TPSA) is 118 Å². The van der Waals surface area contributed by atoms with E-state index in [1.54, 1.807) is 26.2 Å². The minimum Gasteiger partial charge on any atom is -0.497 e. The summed E-state index contributed by atoms with van der Waals surface area (Å²) in [6, 6.07) is 7.33. The minimum atomic E-state index is -1.32. The largest absolute Gasteiger partial charge is 0.497 e. The van der Waals surface area contributed by atoms with Crippen molar-refractivity contribution in [3.8, 4) is 5.75 Å². The van der Waals surface area contributed by atoms with E-state index >= 15 is 0 Å². The molecule has 5 rings (SSSR count). The van der Waals surface area contributed by atoms with Crippen molar-refractivity contribution in [1.29, 1.82) is 0 Å². The van der Waals surface area contributed by atoms with Crippen LogP contribution in [-0.4, -0.2) is 60.8 Å². The summed E-state index contributed by atoms with van der Waals surface area (Å²) >= 11 is 0. The zero-order valence-corrected chi connectivity index (χ0v) is 34.1. The van der Waals surface area contributed by atoms with Gasteiger partial charge in [0.05, 0.1) is 19.1 Å². The molecule has 9 heteroatoms. The summed E-state index contributed by atoms with van der Waals surface area (Å²) in [7, 11) is 1.60. The Morgan fingerprint density at radius 2 is 1.60 bits per heavy atom. The fourth-order valence-electron chi connectivity index (χ4n) is 10.0. The van der Waals surface area contributed by atoms with Gasteiger partial charge in [-0.1, -0.05) is 103 Å². The van der Waals surface area contributed by atoms with Crippen LogP contribution in [0.1, 0.15) is 136 Å². The van der Waals surface area contributed by atoms with E-state index in [1.165, 1.54) is 44.6 Å². The Morgan fingerprint density at radius 3 is 2.25 bits per heavy atom. The number of aliphatic hydroxyl groups excluding tert-OH is 1. The maximum atomic E-state index is 13.4. The summed E-state index contributed by atoms with van der Waals surface area (Å²) in [5.74, 6) is -3.04. The van der Waals surface area contributed by atoms with Crippen molar-refractivity contribution in [2.75, 3.05) is 7.11 Å². The van der Waals surface area contributed by atoms with Gasteiger partial charge in [0.2, 0.25) is 5.79 Å². The molecule has 1 aromatic carbocycles.